The van der Waals surface area contributed by atoms with Crippen LogP contribution in [0.5, 0.6) is 0 Å². The number of hydrogen-bond acceptors (Lipinski definition) is 7. The van der Waals surface area contributed by atoms with Crippen molar-refractivity contribution in [3.8, 4) is 38.8 Å². The molecule has 3 heterocycles. The number of nitrogens with zero attached hydrogens (tertiary/aromatic N) is 4. The maximum absolute atomic E-state index is 14.9. The molecule has 0 saturated carbocycles. The molecule has 5 aromatic rings. The Balaban J connectivity index is 1.71. The van der Waals surface area contributed by atoms with Gasteiger partial charge >= 0.3 is 5.97 Å². The zero-order valence-corrected chi connectivity index (χ0v) is 20.5. The fraction of sp³-hybridized carbons (Fsp3) is 0.120. The van der Waals surface area contributed by atoms with E-state index in [-0.39, 0.29) is 34.3 Å². The summed E-state index contributed by atoms with van der Waals surface area (Å²) in [6, 6.07) is 10.3. The number of halogens is 3. The molecule has 7 nitrogen and oxygen atoms in total. The van der Waals surface area contributed by atoms with Crippen LogP contribution >= 0.6 is 22.9 Å². The molecule has 0 bridgehead atoms. The summed E-state index contributed by atoms with van der Waals surface area (Å²) in [5, 5.41) is 10.5. The molecule has 0 aliphatic heterocycles. The maximum Gasteiger partial charge on any atom is 0.357 e. The van der Waals surface area contributed by atoms with Gasteiger partial charge in [0.15, 0.2) is 11.5 Å². The van der Waals surface area contributed by atoms with Gasteiger partial charge in [0.05, 0.1) is 45.9 Å². The van der Waals surface area contributed by atoms with E-state index < -0.39 is 17.6 Å². The highest BCUT2D eigenvalue weighted by Gasteiger charge is 2.29. The lowest BCUT2D eigenvalue weighted by Gasteiger charge is -2.06. The fourth-order valence-electron chi connectivity index (χ4n) is 3.76. The number of carbonyl (C=O) groups excluding carboxylic acids is 1. The van der Waals surface area contributed by atoms with Crippen LogP contribution < -0.4 is 0 Å². The highest BCUT2D eigenvalue weighted by atomic mass is 35.5. The van der Waals surface area contributed by atoms with E-state index in [0.29, 0.717) is 27.5 Å². The van der Waals surface area contributed by atoms with Crippen molar-refractivity contribution in [1.82, 2.24) is 19.9 Å². The zero-order chi connectivity index (χ0) is 25.4. The SMILES string of the molecule is CCOC(=O)c1csc(-c2c(-c3c(F)cccc3Cl)noc2-c2cnn(-c3cccc(F)c3)c2C)n1. The number of ether oxygens (including phenoxy) is 1. The first-order valence-corrected chi connectivity index (χ1v) is 12.0. The minimum absolute atomic E-state index is 0.0345. The molecule has 0 radical (unpaired) electrons. The van der Waals surface area contributed by atoms with Crippen molar-refractivity contribution in [2.75, 3.05) is 6.61 Å². The first-order valence-electron chi connectivity index (χ1n) is 10.8. The van der Waals surface area contributed by atoms with Crippen LogP contribution in [0.2, 0.25) is 5.02 Å². The van der Waals surface area contributed by atoms with Crippen LogP contribution in [0.1, 0.15) is 23.1 Å². The molecule has 0 atom stereocenters. The summed E-state index contributed by atoms with van der Waals surface area (Å²) < 4.78 is 41.1. The van der Waals surface area contributed by atoms with Crippen LogP contribution in [-0.4, -0.2) is 32.5 Å². The molecule has 0 unspecified atom stereocenters. The number of benzene rings is 2. The van der Waals surface area contributed by atoms with Crippen LogP contribution in [-0.2, 0) is 4.74 Å². The Morgan fingerprint density at radius 1 is 1.19 bits per heavy atom. The lowest BCUT2D eigenvalue weighted by Crippen LogP contribution is -2.04. The van der Waals surface area contributed by atoms with Gasteiger partial charge in [-0.05, 0) is 44.2 Å². The lowest BCUT2D eigenvalue weighted by molar-refractivity contribution is 0.0520. The predicted molar refractivity (Wildman–Crippen MR) is 131 cm³/mol. The van der Waals surface area contributed by atoms with Crippen molar-refractivity contribution in [1.29, 1.82) is 0 Å². The second kappa shape index (κ2) is 9.63. The van der Waals surface area contributed by atoms with Crippen molar-refractivity contribution < 1.29 is 22.8 Å². The second-order valence-corrected chi connectivity index (χ2v) is 8.89. The molecule has 5 rings (SSSR count). The molecule has 0 spiro atoms. The quantitative estimate of drug-likeness (QED) is 0.228. The largest absolute Gasteiger partial charge is 0.461 e. The second-order valence-electron chi connectivity index (χ2n) is 7.63. The molecule has 36 heavy (non-hydrogen) atoms. The summed E-state index contributed by atoms with van der Waals surface area (Å²) in [7, 11) is 0. The number of esters is 1. The summed E-state index contributed by atoms with van der Waals surface area (Å²) in [5.41, 5.74) is 2.24. The minimum atomic E-state index is -0.599. The highest BCUT2D eigenvalue weighted by Crippen LogP contribution is 2.44. The number of aromatic nitrogens is 4. The average Bonchev–Trinajstić information content (AvgIpc) is 3.57. The Bertz CT molecular complexity index is 1570. The van der Waals surface area contributed by atoms with E-state index in [1.54, 1.807) is 36.0 Å². The van der Waals surface area contributed by atoms with Gasteiger partial charge in [-0.1, -0.05) is 28.9 Å². The summed E-state index contributed by atoms with van der Waals surface area (Å²) in [6.45, 7) is 3.67. The van der Waals surface area contributed by atoms with Crippen LogP contribution in [0.25, 0.3) is 38.8 Å². The first-order chi connectivity index (χ1) is 17.4. The van der Waals surface area contributed by atoms with Gasteiger partial charge in [-0.15, -0.1) is 11.3 Å². The van der Waals surface area contributed by atoms with Crippen molar-refractivity contribution in [2.45, 2.75) is 13.8 Å². The molecule has 0 saturated heterocycles. The Morgan fingerprint density at radius 3 is 2.75 bits per heavy atom. The molecule has 0 aliphatic carbocycles. The molecule has 3 aromatic heterocycles. The Labute approximate surface area is 212 Å². The van der Waals surface area contributed by atoms with Crippen molar-refractivity contribution in [2.24, 2.45) is 0 Å². The van der Waals surface area contributed by atoms with Crippen LogP contribution in [0.3, 0.4) is 0 Å². The fourth-order valence-corrected chi connectivity index (χ4v) is 4.84. The molecule has 182 valence electrons. The van der Waals surface area contributed by atoms with Crippen molar-refractivity contribution >= 4 is 28.9 Å². The first kappa shape index (κ1) is 23.8. The monoisotopic (exact) mass is 526 g/mol. The van der Waals surface area contributed by atoms with Gasteiger partial charge in [0.2, 0.25) is 0 Å². The van der Waals surface area contributed by atoms with E-state index in [1.807, 2.05) is 0 Å². The van der Waals surface area contributed by atoms with Gasteiger partial charge in [0.1, 0.15) is 22.3 Å². The number of rotatable bonds is 6. The van der Waals surface area contributed by atoms with E-state index in [4.69, 9.17) is 20.9 Å². The zero-order valence-electron chi connectivity index (χ0n) is 19.0. The van der Waals surface area contributed by atoms with Crippen LogP contribution in [0, 0.1) is 18.6 Å². The predicted octanol–water partition coefficient (Wildman–Crippen LogP) is 6.73. The van der Waals surface area contributed by atoms with Gasteiger partial charge < -0.3 is 9.26 Å². The van der Waals surface area contributed by atoms with E-state index in [9.17, 15) is 13.6 Å². The van der Waals surface area contributed by atoms with Crippen LogP contribution in [0.4, 0.5) is 8.78 Å². The van der Waals surface area contributed by atoms with Gasteiger partial charge in [0.25, 0.3) is 0 Å². The molecule has 11 heteroatoms. The number of thiazole rings is 1. The molecule has 0 fully saturated rings. The third-order valence-corrected chi connectivity index (χ3v) is 6.58. The topological polar surface area (TPSA) is 83.0 Å². The Morgan fingerprint density at radius 2 is 2.00 bits per heavy atom. The third kappa shape index (κ3) is 4.18. The standard InChI is InChI=1S/C25H17ClF2N4O3S/c1-3-34-25(33)19-12-36-24(30-19)21-22(20-17(26)8-5-9-18(20)28)31-35-23(21)16-11-29-32(13(16)2)15-7-4-6-14(27)10-15/h4-12H,3H2,1-2H3. The van der Waals surface area contributed by atoms with E-state index in [2.05, 4.69) is 15.2 Å². The maximum atomic E-state index is 14.9. The van der Waals surface area contributed by atoms with Gasteiger partial charge in [0, 0.05) is 5.38 Å². The van der Waals surface area contributed by atoms with Gasteiger partial charge in [-0.3, -0.25) is 0 Å². The summed E-state index contributed by atoms with van der Waals surface area (Å²) in [4.78, 5) is 16.7. The minimum Gasteiger partial charge on any atom is -0.461 e. The summed E-state index contributed by atoms with van der Waals surface area (Å²) in [5.74, 6) is -1.35. The van der Waals surface area contributed by atoms with Crippen molar-refractivity contribution in [3.05, 3.63) is 82.1 Å². The Hall–Kier alpha value is -3.89. The Kier molecular flexibility index (Phi) is 6.38. The van der Waals surface area contributed by atoms with E-state index in [1.165, 1.54) is 36.5 Å². The average molecular weight is 527 g/mol. The molecule has 2 aromatic carbocycles. The highest BCUT2D eigenvalue weighted by molar-refractivity contribution is 7.13. The number of hydrogen-bond donors (Lipinski definition) is 0. The molecular weight excluding hydrogens is 510 g/mol. The number of carbonyl (C=O) groups is 1. The van der Waals surface area contributed by atoms with Crippen LogP contribution in [0.15, 0.2) is 58.6 Å². The normalized spacial score (nSPS) is 11.1. The lowest BCUT2D eigenvalue weighted by atomic mass is 10.0. The summed E-state index contributed by atoms with van der Waals surface area (Å²) in [6.07, 6.45) is 1.54. The van der Waals surface area contributed by atoms with E-state index in [0.717, 1.165) is 11.3 Å². The molecular formula is C25H17ClF2N4O3S. The van der Waals surface area contributed by atoms with Crippen molar-refractivity contribution in [3.63, 3.8) is 0 Å². The van der Waals surface area contributed by atoms with Gasteiger partial charge in [-0.25, -0.2) is 23.2 Å². The smallest absolute Gasteiger partial charge is 0.357 e. The van der Waals surface area contributed by atoms with Gasteiger partial charge in [-0.2, -0.15) is 5.10 Å². The van der Waals surface area contributed by atoms with E-state index >= 15 is 0 Å². The molecule has 0 amide bonds. The third-order valence-electron chi connectivity index (χ3n) is 5.40. The molecule has 0 aliphatic rings. The summed E-state index contributed by atoms with van der Waals surface area (Å²) >= 11 is 7.49. The molecule has 0 N–H and O–H groups in total.